The van der Waals surface area contributed by atoms with Crippen molar-refractivity contribution in [1.82, 2.24) is 10.6 Å². The van der Waals surface area contributed by atoms with E-state index in [1.54, 1.807) is 0 Å². The van der Waals surface area contributed by atoms with Gasteiger partial charge in [0.05, 0.1) is 6.42 Å². The van der Waals surface area contributed by atoms with Crippen LogP contribution in [-0.4, -0.2) is 43.5 Å². The third-order valence-electron chi connectivity index (χ3n) is 1.43. The first-order valence-electron chi connectivity index (χ1n) is 4.34. The van der Waals surface area contributed by atoms with Crippen molar-refractivity contribution in [3.8, 4) is 0 Å². The summed E-state index contributed by atoms with van der Waals surface area (Å²) in [6.07, 6.45) is 0.660. The van der Waals surface area contributed by atoms with Crippen LogP contribution in [0.1, 0.15) is 12.8 Å². The average Bonchev–Trinajstić information content (AvgIpc) is 2.18. The van der Waals surface area contributed by atoms with Gasteiger partial charge in [0, 0.05) is 32.6 Å². The minimum absolute atomic E-state index is 0.0521. The van der Waals surface area contributed by atoms with Crippen molar-refractivity contribution in [2.24, 2.45) is 0 Å². The van der Waals surface area contributed by atoms with Crippen LogP contribution in [0.25, 0.3) is 0 Å². The van der Waals surface area contributed by atoms with Gasteiger partial charge in [0.25, 0.3) is 0 Å². The second-order valence-corrected chi connectivity index (χ2v) is 2.60. The normalized spacial score (nSPS) is 15.4. The summed E-state index contributed by atoms with van der Waals surface area (Å²) in [6, 6.07) is 0. The van der Waals surface area contributed by atoms with Crippen molar-refractivity contribution in [3.05, 3.63) is 0 Å². The summed E-state index contributed by atoms with van der Waals surface area (Å²) in [5, 5.41) is 14.3. The first kappa shape index (κ1) is 12.1. The zero-order valence-corrected chi connectivity index (χ0v) is 7.58. The van der Waals surface area contributed by atoms with Gasteiger partial charge in [-0.3, -0.25) is 4.79 Å². The molecule has 0 amide bonds. The molecule has 1 heterocycles. The molecule has 3 N–H and O–H groups in total. The fraction of sp³-hybridized carbons (Fsp3) is 0.750. The lowest BCUT2D eigenvalue weighted by Gasteiger charge is -2.11. The van der Waals surface area contributed by atoms with Gasteiger partial charge in [-0.05, 0) is 0 Å². The van der Waals surface area contributed by atoms with Gasteiger partial charge in [-0.25, -0.2) is 0 Å². The third kappa shape index (κ3) is 11.1. The van der Waals surface area contributed by atoms with Crippen molar-refractivity contribution < 1.29 is 14.7 Å². The Hall–Kier alpha value is -0.940. The van der Waals surface area contributed by atoms with Gasteiger partial charge in [-0.1, -0.05) is 0 Å². The van der Waals surface area contributed by atoms with Crippen LogP contribution in [-0.2, 0) is 9.59 Å². The second-order valence-electron chi connectivity index (χ2n) is 2.60. The molecule has 0 aromatic rings. The van der Waals surface area contributed by atoms with Crippen LogP contribution in [0.3, 0.4) is 0 Å². The van der Waals surface area contributed by atoms with Gasteiger partial charge >= 0.3 is 5.97 Å². The van der Waals surface area contributed by atoms with Crippen LogP contribution in [0.2, 0.25) is 0 Å². The molecule has 1 fully saturated rings. The molecule has 1 aliphatic heterocycles. The number of rotatable bonds is 3. The van der Waals surface area contributed by atoms with E-state index in [9.17, 15) is 9.59 Å². The molecule has 0 atom stereocenters. The number of carbonyl (C=O) groups is 2. The van der Waals surface area contributed by atoms with Crippen LogP contribution in [0, 0.1) is 0 Å². The topological polar surface area (TPSA) is 78.4 Å². The molecule has 1 aliphatic rings. The number of aldehydes is 1. The van der Waals surface area contributed by atoms with Crippen LogP contribution in [0.15, 0.2) is 0 Å². The van der Waals surface area contributed by atoms with Gasteiger partial charge in [0.15, 0.2) is 0 Å². The summed E-state index contributed by atoms with van der Waals surface area (Å²) < 4.78 is 0. The first-order valence-corrected chi connectivity index (χ1v) is 4.34. The maximum atomic E-state index is 9.60. The van der Waals surface area contributed by atoms with E-state index in [1.165, 1.54) is 0 Å². The van der Waals surface area contributed by atoms with Crippen LogP contribution >= 0.6 is 0 Å². The summed E-state index contributed by atoms with van der Waals surface area (Å²) in [4.78, 5) is 19.0. The maximum Gasteiger partial charge on any atom is 0.303 e. The van der Waals surface area contributed by atoms with Gasteiger partial charge in [0.2, 0.25) is 0 Å². The summed E-state index contributed by atoms with van der Waals surface area (Å²) in [6.45, 7) is 4.56. The smallest absolute Gasteiger partial charge is 0.303 e. The zero-order valence-electron chi connectivity index (χ0n) is 7.58. The number of carbonyl (C=O) groups excluding carboxylic acids is 1. The molecule has 1 rings (SSSR count). The van der Waals surface area contributed by atoms with Crippen LogP contribution in [0.4, 0.5) is 0 Å². The van der Waals surface area contributed by atoms with Crippen molar-refractivity contribution in [2.75, 3.05) is 26.2 Å². The predicted octanol–water partition coefficient (Wildman–Crippen LogP) is -0.771. The Morgan fingerprint density at radius 1 is 1.23 bits per heavy atom. The molecule has 76 valence electrons. The first-order chi connectivity index (χ1) is 6.27. The molecular weight excluding hydrogens is 172 g/mol. The average molecular weight is 188 g/mol. The Morgan fingerprint density at radius 2 is 1.69 bits per heavy atom. The number of aliphatic carboxylic acids is 1. The van der Waals surface area contributed by atoms with Gasteiger partial charge in [-0.15, -0.1) is 0 Å². The summed E-state index contributed by atoms with van der Waals surface area (Å²) in [5.41, 5.74) is 0. The molecule has 0 radical (unpaired) electrons. The number of hydrogen-bond acceptors (Lipinski definition) is 4. The maximum absolute atomic E-state index is 9.60. The van der Waals surface area contributed by atoms with Crippen molar-refractivity contribution in [2.45, 2.75) is 12.8 Å². The van der Waals surface area contributed by atoms with Crippen molar-refractivity contribution in [3.63, 3.8) is 0 Å². The molecule has 1 saturated heterocycles. The number of hydrogen-bond donors (Lipinski definition) is 3. The molecule has 13 heavy (non-hydrogen) atoms. The summed E-state index contributed by atoms with van der Waals surface area (Å²) >= 11 is 0. The molecule has 0 unspecified atom stereocenters. The Balaban J connectivity index is 0.000000223. The number of carboxylic acids is 1. The van der Waals surface area contributed by atoms with E-state index in [-0.39, 0.29) is 12.8 Å². The highest BCUT2D eigenvalue weighted by Crippen LogP contribution is 1.80. The lowest BCUT2D eigenvalue weighted by molar-refractivity contribution is -0.137. The fourth-order valence-electron chi connectivity index (χ4n) is 0.786. The number of piperazine rings is 1. The minimum Gasteiger partial charge on any atom is -0.481 e. The quantitative estimate of drug-likeness (QED) is 0.507. The second kappa shape index (κ2) is 9.15. The highest BCUT2D eigenvalue weighted by atomic mass is 16.4. The van der Waals surface area contributed by atoms with E-state index in [0.29, 0.717) is 6.29 Å². The van der Waals surface area contributed by atoms with E-state index in [1.807, 2.05) is 0 Å². The molecule has 0 aromatic carbocycles. The lowest BCUT2D eigenvalue weighted by atomic mass is 10.3. The fourth-order valence-corrected chi connectivity index (χ4v) is 0.786. The van der Waals surface area contributed by atoms with Gasteiger partial charge < -0.3 is 20.5 Å². The SMILES string of the molecule is C1CNCCN1.O=CCCC(=O)O. The number of carboxylic acid groups (broad SMARTS) is 1. The van der Waals surface area contributed by atoms with E-state index in [2.05, 4.69) is 10.6 Å². The Morgan fingerprint density at radius 3 is 1.85 bits per heavy atom. The summed E-state index contributed by atoms with van der Waals surface area (Å²) in [7, 11) is 0. The molecule has 0 spiro atoms. The Kier molecular flexibility index (Phi) is 8.49. The Labute approximate surface area is 77.5 Å². The highest BCUT2D eigenvalue weighted by molar-refractivity contribution is 5.70. The highest BCUT2D eigenvalue weighted by Gasteiger charge is 1.92. The standard InChI is InChI=1S/C4H10N2.C4H6O3/c1-2-6-4-3-5-1;5-3-1-2-4(6)7/h5-6H,1-4H2;3H,1-2H2,(H,6,7). The van der Waals surface area contributed by atoms with Gasteiger partial charge in [0.1, 0.15) is 6.29 Å². The molecule has 5 heteroatoms. The zero-order chi connectivity index (χ0) is 9.94. The van der Waals surface area contributed by atoms with Gasteiger partial charge in [-0.2, -0.15) is 0 Å². The molecular formula is C8H16N2O3. The van der Waals surface area contributed by atoms with Crippen LogP contribution < -0.4 is 10.6 Å². The number of nitrogens with one attached hydrogen (secondary N) is 2. The molecule has 5 nitrogen and oxygen atoms in total. The van der Waals surface area contributed by atoms with E-state index in [4.69, 9.17) is 5.11 Å². The van der Waals surface area contributed by atoms with E-state index < -0.39 is 5.97 Å². The Bertz CT molecular complexity index is 135. The molecule has 0 bridgehead atoms. The largest absolute Gasteiger partial charge is 0.481 e. The van der Waals surface area contributed by atoms with Crippen LogP contribution in [0.5, 0.6) is 0 Å². The van der Waals surface area contributed by atoms with Crippen molar-refractivity contribution in [1.29, 1.82) is 0 Å². The molecule has 0 aromatic heterocycles. The minimum atomic E-state index is -0.924. The molecule has 0 saturated carbocycles. The van der Waals surface area contributed by atoms with E-state index in [0.717, 1.165) is 26.2 Å². The monoisotopic (exact) mass is 188 g/mol. The summed E-state index contributed by atoms with van der Waals surface area (Å²) in [5.74, 6) is -0.924. The molecule has 0 aliphatic carbocycles. The van der Waals surface area contributed by atoms with Crippen molar-refractivity contribution >= 4 is 12.3 Å². The predicted molar refractivity (Wildman–Crippen MR) is 48.7 cm³/mol. The van der Waals surface area contributed by atoms with E-state index >= 15 is 0 Å². The third-order valence-corrected chi connectivity index (χ3v) is 1.43. The lowest BCUT2D eigenvalue weighted by Crippen LogP contribution is -2.39.